The third-order valence-corrected chi connectivity index (χ3v) is 3.16. The predicted molar refractivity (Wildman–Crippen MR) is 87.2 cm³/mol. The number of nitrogens with two attached hydrogens (primary N) is 1. The zero-order valence-electron chi connectivity index (χ0n) is 12.4. The maximum absolute atomic E-state index is 5.30. The molecule has 0 spiro atoms. The third-order valence-electron chi connectivity index (χ3n) is 3.16. The molecule has 0 heterocycles. The number of allylic oxidation sites excluding steroid dienone is 2. The second kappa shape index (κ2) is 10.3. The van der Waals surface area contributed by atoms with Crippen molar-refractivity contribution in [3.05, 3.63) is 48.9 Å². The largest absolute Gasteiger partial charge is 0.405 e. The Bertz CT molecular complexity index is 353. The summed E-state index contributed by atoms with van der Waals surface area (Å²) in [5, 5.41) is 10.0. The number of hydrogen-bond donors (Lipinski definition) is 4. The Kier molecular flexibility index (Phi) is 8.51. The van der Waals surface area contributed by atoms with Crippen LogP contribution in [-0.4, -0.2) is 32.7 Å². The molecule has 1 fully saturated rings. The van der Waals surface area contributed by atoms with Gasteiger partial charge in [0.25, 0.3) is 0 Å². The number of rotatable bonds is 11. The summed E-state index contributed by atoms with van der Waals surface area (Å²) < 4.78 is 0. The van der Waals surface area contributed by atoms with Crippen molar-refractivity contribution in [2.45, 2.75) is 18.9 Å². The van der Waals surface area contributed by atoms with Crippen molar-refractivity contribution < 1.29 is 0 Å². The molecule has 1 saturated carbocycles. The molecule has 1 rings (SSSR count). The fraction of sp³-hybridized carbons (Fsp3) is 0.500. The zero-order chi connectivity index (χ0) is 14.6. The van der Waals surface area contributed by atoms with Crippen LogP contribution in [0.25, 0.3) is 0 Å². The Hall–Kier alpha value is -1.52. The highest BCUT2D eigenvalue weighted by Crippen LogP contribution is 2.27. The van der Waals surface area contributed by atoms with Crippen LogP contribution in [0.2, 0.25) is 0 Å². The summed E-state index contributed by atoms with van der Waals surface area (Å²) in [5.74, 6) is 0.908. The van der Waals surface area contributed by atoms with E-state index in [-0.39, 0.29) is 6.04 Å². The fourth-order valence-electron chi connectivity index (χ4n) is 1.81. The number of nitrogens with one attached hydrogen (secondary N) is 3. The minimum atomic E-state index is 0.112. The van der Waals surface area contributed by atoms with E-state index in [9.17, 15) is 0 Å². The van der Waals surface area contributed by atoms with Gasteiger partial charge >= 0.3 is 0 Å². The molecular formula is C16H28N4. The van der Waals surface area contributed by atoms with E-state index >= 15 is 0 Å². The highest BCUT2D eigenvalue weighted by Gasteiger charge is 2.20. The Morgan fingerprint density at radius 1 is 1.35 bits per heavy atom. The molecule has 20 heavy (non-hydrogen) atoms. The van der Waals surface area contributed by atoms with Gasteiger partial charge in [-0.1, -0.05) is 18.2 Å². The minimum absolute atomic E-state index is 0.112. The molecule has 112 valence electrons. The molecule has 5 N–H and O–H groups in total. The molecule has 0 aliphatic heterocycles. The molecule has 0 bridgehead atoms. The van der Waals surface area contributed by atoms with Gasteiger partial charge in [-0.15, -0.1) is 6.58 Å². The average molecular weight is 276 g/mol. The van der Waals surface area contributed by atoms with Gasteiger partial charge in [0.15, 0.2) is 0 Å². The topological polar surface area (TPSA) is 62.1 Å². The summed E-state index contributed by atoms with van der Waals surface area (Å²) in [5.41, 5.74) is 6.60. The molecule has 4 heteroatoms. The maximum Gasteiger partial charge on any atom is 0.0623 e. The molecular weight excluding hydrogens is 248 g/mol. The highest BCUT2D eigenvalue weighted by atomic mass is 14.9. The lowest BCUT2D eigenvalue weighted by Crippen LogP contribution is -2.27. The molecule has 0 aromatic rings. The first-order valence-corrected chi connectivity index (χ1v) is 7.27. The summed E-state index contributed by atoms with van der Waals surface area (Å²) >= 11 is 0. The van der Waals surface area contributed by atoms with Crippen molar-refractivity contribution in [2.75, 3.05) is 26.7 Å². The van der Waals surface area contributed by atoms with Gasteiger partial charge in [-0.25, -0.2) is 0 Å². The summed E-state index contributed by atoms with van der Waals surface area (Å²) in [7, 11) is 1.96. The van der Waals surface area contributed by atoms with Crippen LogP contribution in [0.1, 0.15) is 12.8 Å². The van der Waals surface area contributed by atoms with Gasteiger partial charge in [0.05, 0.1) is 6.04 Å². The second-order valence-corrected chi connectivity index (χ2v) is 5.11. The lowest BCUT2D eigenvalue weighted by atomic mass is 10.2. The highest BCUT2D eigenvalue weighted by molar-refractivity contribution is 5.14. The second-order valence-electron chi connectivity index (χ2n) is 5.11. The van der Waals surface area contributed by atoms with E-state index in [0.29, 0.717) is 0 Å². The monoisotopic (exact) mass is 276 g/mol. The van der Waals surface area contributed by atoms with E-state index < -0.39 is 0 Å². The van der Waals surface area contributed by atoms with Crippen LogP contribution in [-0.2, 0) is 0 Å². The normalized spacial score (nSPS) is 17.8. The van der Waals surface area contributed by atoms with Gasteiger partial charge in [0.1, 0.15) is 0 Å². The molecule has 1 aliphatic rings. The van der Waals surface area contributed by atoms with Gasteiger partial charge in [-0.3, -0.25) is 0 Å². The predicted octanol–water partition coefficient (Wildman–Crippen LogP) is 1.26. The first-order valence-electron chi connectivity index (χ1n) is 7.27. The zero-order valence-corrected chi connectivity index (χ0v) is 12.4. The quantitative estimate of drug-likeness (QED) is 0.339. The molecule has 0 aromatic carbocycles. The van der Waals surface area contributed by atoms with Crippen LogP contribution in [0.5, 0.6) is 0 Å². The van der Waals surface area contributed by atoms with Crippen LogP contribution < -0.4 is 21.7 Å². The van der Waals surface area contributed by atoms with Gasteiger partial charge in [0.2, 0.25) is 0 Å². The molecule has 0 saturated heterocycles. The summed E-state index contributed by atoms with van der Waals surface area (Å²) in [4.78, 5) is 0. The van der Waals surface area contributed by atoms with Crippen molar-refractivity contribution in [1.29, 1.82) is 0 Å². The van der Waals surface area contributed by atoms with Crippen molar-refractivity contribution in [3.8, 4) is 0 Å². The van der Waals surface area contributed by atoms with Crippen molar-refractivity contribution in [3.63, 3.8) is 0 Å². The van der Waals surface area contributed by atoms with Crippen LogP contribution in [0, 0.1) is 5.92 Å². The van der Waals surface area contributed by atoms with Gasteiger partial charge < -0.3 is 21.7 Å². The average Bonchev–Trinajstić information content (AvgIpc) is 3.26. The smallest absolute Gasteiger partial charge is 0.0623 e. The van der Waals surface area contributed by atoms with Crippen LogP contribution in [0.3, 0.4) is 0 Å². The third kappa shape index (κ3) is 7.81. The number of likely N-dealkylation sites (N-methyl/N-ethyl adjacent to an activating group) is 1. The first-order chi connectivity index (χ1) is 9.80. The Labute approximate surface area is 122 Å². The lowest BCUT2D eigenvalue weighted by Gasteiger charge is -2.12. The standard InChI is InChI=1S/C16H28N4/c1-3-16(6-4-5-9-17)20-13-15(10-18-2)12-19-11-14-7-8-14/h3-6,9,13-14,16,18-20H,1,7-8,10-12,17H2,2H3/b6-4-,9-5-,15-13+. The van der Waals surface area contributed by atoms with E-state index in [2.05, 4.69) is 28.7 Å². The van der Waals surface area contributed by atoms with Gasteiger partial charge in [0, 0.05) is 13.1 Å². The molecule has 4 nitrogen and oxygen atoms in total. The SMILES string of the molecule is C=CC(/C=C\C=C/N)N/C=C(\CNC)CNCC1CC1. The Morgan fingerprint density at radius 3 is 2.75 bits per heavy atom. The van der Waals surface area contributed by atoms with Gasteiger partial charge in [-0.05, 0) is 56.4 Å². The lowest BCUT2D eigenvalue weighted by molar-refractivity contribution is 0.654. The minimum Gasteiger partial charge on any atom is -0.405 e. The molecule has 1 aliphatic carbocycles. The molecule has 1 atom stereocenters. The summed E-state index contributed by atoms with van der Waals surface area (Å²) in [6, 6.07) is 0.112. The van der Waals surface area contributed by atoms with E-state index in [0.717, 1.165) is 25.6 Å². The van der Waals surface area contributed by atoms with Crippen LogP contribution in [0.4, 0.5) is 0 Å². The Morgan fingerprint density at radius 2 is 2.15 bits per heavy atom. The molecule has 0 radical (unpaired) electrons. The molecule has 0 amide bonds. The van der Waals surface area contributed by atoms with Gasteiger partial charge in [-0.2, -0.15) is 0 Å². The van der Waals surface area contributed by atoms with E-state index in [1.807, 2.05) is 25.3 Å². The first kappa shape index (κ1) is 16.5. The summed E-state index contributed by atoms with van der Waals surface area (Å²) in [6.07, 6.45) is 13.9. The molecule has 0 aromatic heterocycles. The van der Waals surface area contributed by atoms with Crippen LogP contribution in [0.15, 0.2) is 48.9 Å². The van der Waals surface area contributed by atoms with E-state index in [1.165, 1.54) is 24.6 Å². The summed E-state index contributed by atoms with van der Waals surface area (Å²) in [6.45, 7) is 6.75. The fourth-order valence-corrected chi connectivity index (χ4v) is 1.81. The van der Waals surface area contributed by atoms with Crippen molar-refractivity contribution in [2.24, 2.45) is 11.7 Å². The van der Waals surface area contributed by atoms with E-state index in [1.54, 1.807) is 6.08 Å². The maximum atomic E-state index is 5.30. The van der Waals surface area contributed by atoms with Crippen molar-refractivity contribution in [1.82, 2.24) is 16.0 Å². The van der Waals surface area contributed by atoms with Crippen molar-refractivity contribution >= 4 is 0 Å². The van der Waals surface area contributed by atoms with E-state index in [4.69, 9.17) is 5.73 Å². The number of hydrogen-bond acceptors (Lipinski definition) is 4. The van der Waals surface area contributed by atoms with Crippen LogP contribution >= 0.6 is 0 Å². The molecule has 1 unspecified atom stereocenters. The Balaban J connectivity index is 2.38.